The summed E-state index contributed by atoms with van der Waals surface area (Å²) in [6.45, 7) is 8.55. The Morgan fingerprint density at radius 2 is 0.810 bits per heavy atom. The molecule has 0 atom stereocenters. The van der Waals surface area contributed by atoms with Crippen LogP contribution in [0.3, 0.4) is 0 Å². The lowest BCUT2D eigenvalue weighted by atomic mass is 10.2. The fourth-order valence-corrected chi connectivity index (χ4v) is 2.13. The van der Waals surface area contributed by atoms with Crippen LogP contribution in [0.1, 0.15) is 27.7 Å². The Kier molecular flexibility index (Phi) is 5.09. The van der Waals surface area contributed by atoms with Gasteiger partial charge in [0.05, 0.1) is 0 Å². The third kappa shape index (κ3) is 5.03. The first-order valence-corrected chi connectivity index (χ1v) is 7.53. The van der Waals surface area contributed by atoms with Crippen molar-refractivity contribution >= 4 is 22.7 Å². The summed E-state index contributed by atoms with van der Waals surface area (Å²) in [5, 5.41) is 10.2. The van der Waals surface area contributed by atoms with E-state index in [-0.39, 0.29) is 0 Å². The van der Waals surface area contributed by atoms with Crippen molar-refractivity contribution in [1.29, 1.82) is 0 Å². The standard InChI is InChI=1S/C18H25N3/c1-13(2)19-15-5-9-17(10-6-15)21-18-11-7-16(8-12-18)20-14(3)4/h5-14,19-21H,1-4H3. The first-order valence-electron chi connectivity index (χ1n) is 7.53. The van der Waals surface area contributed by atoms with Crippen LogP contribution in [0.5, 0.6) is 0 Å². The van der Waals surface area contributed by atoms with Gasteiger partial charge in [-0.25, -0.2) is 0 Å². The quantitative estimate of drug-likeness (QED) is 0.692. The zero-order chi connectivity index (χ0) is 15.2. The smallest absolute Gasteiger partial charge is 0.0385 e. The van der Waals surface area contributed by atoms with Crippen LogP contribution in [0, 0.1) is 0 Å². The average molecular weight is 283 g/mol. The minimum Gasteiger partial charge on any atom is -0.383 e. The topological polar surface area (TPSA) is 36.1 Å². The first kappa shape index (κ1) is 15.2. The van der Waals surface area contributed by atoms with Gasteiger partial charge in [-0.3, -0.25) is 0 Å². The predicted molar refractivity (Wildman–Crippen MR) is 93.7 cm³/mol. The molecule has 2 aromatic carbocycles. The molecule has 0 aliphatic carbocycles. The van der Waals surface area contributed by atoms with Gasteiger partial charge in [0.2, 0.25) is 0 Å². The van der Waals surface area contributed by atoms with Crippen molar-refractivity contribution in [3.63, 3.8) is 0 Å². The van der Waals surface area contributed by atoms with Crippen molar-refractivity contribution in [3.05, 3.63) is 48.5 Å². The molecule has 0 radical (unpaired) electrons. The van der Waals surface area contributed by atoms with Crippen LogP contribution in [-0.4, -0.2) is 12.1 Å². The fourth-order valence-electron chi connectivity index (χ4n) is 2.13. The molecule has 3 heteroatoms. The van der Waals surface area contributed by atoms with Gasteiger partial charge in [0, 0.05) is 34.8 Å². The van der Waals surface area contributed by atoms with E-state index < -0.39 is 0 Å². The molecule has 0 aliphatic heterocycles. The second kappa shape index (κ2) is 7.02. The van der Waals surface area contributed by atoms with E-state index in [0.29, 0.717) is 12.1 Å². The highest BCUT2D eigenvalue weighted by Gasteiger charge is 1.99. The number of hydrogen-bond acceptors (Lipinski definition) is 3. The maximum atomic E-state index is 3.41. The van der Waals surface area contributed by atoms with Gasteiger partial charge in [-0.2, -0.15) is 0 Å². The Morgan fingerprint density at radius 1 is 0.524 bits per heavy atom. The van der Waals surface area contributed by atoms with Crippen LogP contribution >= 0.6 is 0 Å². The molecular formula is C18H25N3. The Labute approximate surface area is 127 Å². The van der Waals surface area contributed by atoms with Crippen LogP contribution in [0.2, 0.25) is 0 Å². The summed E-state index contributed by atoms with van der Waals surface area (Å²) in [6, 6.07) is 17.6. The summed E-state index contributed by atoms with van der Waals surface area (Å²) in [6.07, 6.45) is 0. The molecule has 0 heterocycles. The fraction of sp³-hybridized carbons (Fsp3) is 0.333. The summed E-state index contributed by atoms with van der Waals surface area (Å²) < 4.78 is 0. The van der Waals surface area contributed by atoms with Crippen molar-refractivity contribution in [2.45, 2.75) is 39.8 Å². The van der Waals surface area contributed by atoms with Gasteiger partial charge in [0.15, 0.2) is 0 Å². The molecule has 0 aliphatic rings. The molecule has 2 rings (SSSR count). The van der Waals surface area contributed by atoms with E-state index in [9.17, 15) is 0 Å². The van der Waals surface area contributed by atoms with Gasteiger partial charge in [0.25, 0.3) is 0 Å². The molecule has 0 saturated heterocycles. The highest BCUT2D eigenvalue weighted by Crippen LogP contribution is 2.21. The largest absolute Gasteiger partial charge is 0.383 e. The molecule has 0 fully saturated rings. The van der Waals surface area contributed by atoms with E-state index in [2.05, 4.69) is 92.2 Å². The Morgan fingerprint density at radius 3 is 1.10 bits per heavy atom. The molecule has 3 nitrogen and oxygen atoms in total. The van der Waals surface area contributed by atoms with Gasteiger partial charge in [-0.1, -0.05) is 0 Å². The maximum Gasteiger partial charge on any atom is 0.0385 e. The first-order chi connectivity index (χ1) is 10.0. The van der Waals surface area contributed by atoms with Gasteiger partial charge >= 0.3 is 0 Å². The normalized spacial score (nSPS) is 10.8. The molecule has 0 amide bonds. The number of hydrogen-bond donors (Lipinski definition) is 3. The van der Waals surface area contributed by atoms with E-state index >= 15 is 0 Å². The van der Waals surface area contributed by atoms with Crippen LogP contribution in [-0.2, 0) is 0 Å². The highest BCUT2D eigenvalue weighted by molar-refractivity contribution is 5.64. The summed E-state index contributed by atoms with van der Waals surface area (Å²) in [7, 11) is 0. The zero-order valence-electron chi connectivity index (χ0n) is 13.3. The van der Waals surface area contributed by atoms with Gasteiger partial charge in [0.1, 0.15) is 0 Å². The third-order valence-electron chi connectivity index (χ3n) is 2.97. The molecule has 0 unspecified atom stereocenters. The number of rotatable bonds is 6. The van der Waals surface area contributed by atoms with E-state index in [1.165, 1.54) is 0 Å². The maximum absolute atomic E-state index is 3.41. The summed E-state index contributed by atoms with van der Waals surface area (Å²) in [5.74, 6) is 0. The number of benzene rings is 2. The van der Waals surface area contributed by atoms with Crippen LogP contribution in [0.25, 0.3) is 0 Å². The zero-order valence-corrected chi connectivity index (χ0v) is 13.3. The van der Waals surface area contributed by atoms with Crippen molar-refractivity contribution in [1.82, 2.24) is 0 Å². The van der Waals surface area contributed by atoms with Gasteiger partial charge in [-0.15, -0.1) is 0 Å². The summed E-state index contributed by atoms with van der Waals surface area (Å²) in [4.78, 5) is 0. The van der Waals surface area contributed by atoms with Crippen LogP contribution in [0.15, 0.2) is 48.5 Å². The van der Waals surface area contributed by atoms with Gasteiger partial charge in [-0.05, 0) is 76.2 Å². The lowest BCUT2D eigenvalue weighted by Gasteiger charge is -2.13. The lowest BCUT2D eigenvalue weighted by Crippen LogP contribution is -2.09. The van der Waals surface area contributed by atoms with E-state index in [1.54, 1.807) is 0 Å². The molecule has 0 aromatic heterocycles. The Bertz CT molecular complexity index is 490. The monoisotopic (exact) mass is 283 g/mol. The SMILES string of the molecule is CC(C)Nc1ccc(Nc2ccc(NC(C)C)cc2)cc1. The number of nitrogens with one attached hydrogen (secondary N) is 3. The molecule has 2 aromatic rings. The average Bonchev–Trinajstić information content (AvgIpc) is 2.42. The summed E-state index contributed by atoms with van der Waals surface area (Å²) >= 11 is 0. The lowest BCUT2D eigenvalue weighted by molar-refractivity contribution is 0.900. The van der Waals surface area contributed by atoms with Crippen LogP contribution in [0.4, 0.5) is 22.7 Å². The molecule has 112 valence electrons. The minimum absolute atomic E-state index is 0.449. The van der Waals surface area contributed by atoms with Gasteiger partial charge < -0.3 is 16.0 Å². The molecule has 0 bridgehead atoms. The van der Waals surface area contributed by atoms with E-state index in [0.717, 1.165) is 22.7 Å². The van der Waals surface area contributed by atoms with E-state index in [4.69, 9.17) is 0 Å². The highest BCUT2D eigenvalue weighted by atomic mass is 14.9. The minimum atomic E-state index is 0.449. The van der Waals surface area contributed by atoms with E-state index in [1.807, 2.05) is 0 Å². The molecule has 0 saturated carbocycles. The van der Waals surface area contributed by atoms with Crippen LogP contribution < -0.4 is 16.0 Å². The Hall–Kier alpha value is -2.16. The molecule has 3 N–H and O–H groups in total. The summed E-state index contributed by atoms with van der Waals surface area (Å²) in [5.41, 5.74) is 4.47. The van der Waals surface area contributed by atoms with Crippen molar-refractivity contribution < 1.29 is 0 Å². The van der Waals surface area contributed by atoms with Crippen molar-refractivity contribution in [2.24, 2.45) is 0 Å². The molecule has 21 heavy (non-hydrogen) atoms. The molecular weight excluding hydrogens is 258 g/mol. The molecule has 0 spiro atoms. The predicted octanol–water partition coefficient (Wildman–Crippen LogP) is 5.07. The van der Waals surface area contributed by atoms with Crippen molar-refractivity contribution in [2.75, 3.05) is 16.0 Å². The van der Waals surface area contributed by atoms with Crippen molar-refractivity contribution in [3.8, 4) is 0 Å². The second-order valence-electron chi connectivity index (χ2n) is 5.88. The number of anilines is 4. The third-order valence-corrected chi connectivity index (χ3v) is 2.97. The Balaban J connectivity index is 1.97. The second-order valence-corrected chi connectivity index (χ2v) is 5.88.